The zero-order chi connectivity index (χ0) is 23.8. The van der Waals surface area contributed by atoms with Gasteiger partial charge >= 0.3 is 5.97 Å². The van der Waals surface area contributed by atoms with E-state index in [2.05, 4.69) is 0 Å². The Morgan fingerprint density at radius 1 is 1.25 bits per heavy atom. The van der Waals surface area contributed by atoms with Crippen molar-refractivity contribution < 1.29 is 24.1 Å². The summed E-state index contributed by atoms with van der Waals surface area (Å²) < 4.78 is 21.4. The maximum Gasteiger partial charge on any atom is 0.341 e. The Morgan fingerprint density at radius 2 is 1.94 bits per heavy atom. The van der Waals surface area contributed by atoms with Crippen LogP contribution in [0.15, 0.2) is 41.3 Å². The third-order valence-electron chi connectivity index (χ3n) is 5.46. The van der Waals surface area contributed by atoms with E-state index in [1.807, 2.05) is 20.8 Å². The monoisotopic (exact) mass is 461 g/mol. The van der Waals surface area contributed by atoms with Crippen LogP contribution in [0.5, 0.6) is 5.75 Å². The zero-order valence-corrected chi connectivity index (χ0v) is 19.0. The van der Waals surface area contributed by atoms with Crippen LogP contribution in [0.25, 0.3) is 10.9 Å². The highest BCUT2D eigenvalue weighted by Crippen LogP contribution is 2.34. The molecule has 0 radical (unpaired) electrons. The van der Waals surface area contributed by atoms with Crippen LogP contribution in [-0.2, 0) is 6.61 Å². The summed E-state index contributed by atoms with van der Waals surface area (Å²) in [5, 5.41) is 20.1. The Bertz CT molecular complexity index is 1250. The molecule has 1 aromatic heterocycles. The fourth-order valence-corrected chi connectivity index (χ4v) is 3.83. The van der Waals surface area contributed by atoms with Gasteiger partial charge in [-0.1, -0.05) is 32.4 Å². The van der Waals surface area contributed by atoms with Gasteiger partial charge in [0.15, 0.2) is 0 Å². The van der Waals surface area contributed by atoms with Crippen molar-refractivity contribution in [2.45, 2.75) is 40.3 Å². The number of ether oxygens (including phenoxy) is 1. The first-order valence-electron chi connectivity index (χ1n) is 10.0. The van der Waals surface area contributed by atoms with E-state index in [0.717, 1.165) is 0 Å². The first-order chi connectivity index (χ1) is 14.9. The Labute approximate surface area is 189 Å². The van der Waals surface area contributed by atoms with Crippen LogP contribution >= 0.6 is 11.6 Å². The number of carbonyl (C=O) groups is 1. The van der Waals surface area contributed by atoms with Crippen LogP contribution in [0.1, 0.15) is 48.3 Å². The highest BCUT2D eigenvalue weighted by molar-refractivity contribution is 6.30. The molecule has 2 aromatic carbocycles. The molecule has 1 atom stereocenters. The molecule has 0 spiro atoms. The minimum Gasteiger partial charge on any atom is -0.488 e. The molecule has 8 heteroatoms. The second kappa shape index (κ2) is 8.92. The van der Waals surface area contributed by atoms with E-state index in [1.165, 1.54) is 30.5 Å². The summed E-state index contributed by atoms with van der Waals surface area (Å²) in [6.07, 6.45) is 1.28. The highest BCUT2D eigenvalue weighted by atomic mass is 35.5. The van der Waals surface area contributed by atoms with Gasteiger partial charge < -0.3 is 19.5 Å². The van der Waals surface area contributed by atoms with Crippen LogP contribution in [0, 0.1) is 18.2 Å². The summed E-state index contributed by atoms with van der Waals surface area (Å²) >= 11 is 5.93. The van der Waals surface area contributed by atoms with Gasteiger partial charge in [0.2, 0.25) is 5.43 Å². The molecule has 2 N–H and O–H groups in total. The van der Waals surface area contributed by atoms with Crippen molar-refractivity contribution in [3.63, 3.8) is 0 Å². The molecule has 0 unspecified atom stereocenters. The summed E-state index contributed by atoms with van der Waals surface area (Å²) in [6, 6.07) is 6.83. The molecule has 1 heterocycles. The van der Waals surface area contributed by atoms with E-state index >= 15 is 0 Å². The first kappa shape index (κ1) is 23.8. The average Bonchev–Trinajstić information content (AvgIpc) is 2.70. The van der Waals surface area contributed by atoms with Gasteiger partial charge in [-0.25, -0.2) is 9.18 Å². The molecule has 0 aliphatic rings. The minimum absolute atomic E-state index is 0.118. The molecule has 0 aliphatic carbocycles. The van der Waals surface area contributed by atoms with Crippen LogP contribution < -0.4 is 10.2 Å². The van der Waals surface area contributed by atoms with E-state index in [4.69, 9.17) is 16.3 Å². The molecule has 0 fully saturated rings. The van der Waals surface area contributed by atoms with Crippen molar-refractivity contribution in [1.29, 1.82) is 0 Å². The standard InChI is InChI=1S/C24H25ClFNO5/c1-13-7-19-16(9-20(13)32-12-14-8-15(25)5-6-18(14)26)22(29)17(23(30)31)10-27(19)21(11-28)24(2,3)4/h5-10,21,28H,11-12H2,1-4H3,(H,30,31)/t21-/m1/s1. The molecule has 3 rings (SSSR count). The normalized spacial score (nSPS) is 12.7. The number of hydrogen-bond donors (Lipinski definition) is 2. The van der Waals surface area contributed by atoms with Gasteiger partial charge in [-0.05, 0) is 48.2 Å². The number of fused-ring (bicyclic) bond motifs is 1. The zero-order valence-electron chi connectivity index (χ0n) is 18.3. The Hall–Kier alpha value is -2.90. The van der Waals surface area contributed by atoms with Crippen LogP contribution in [0.3, 0.4) is 0 Å². The van der Waals surface area contributed by atoms with E-state index in [9.17, 15) is 24.2 Å². The molecule has 0 aliphatic heterocycles. The third kappa shape index (κ3) is 4.64. The van der Waals surface area contributed by atoms with Gasteiger partial charge in [0.05, 0.1) is 23.6 Å². The second-order valence-corrected chi connectivity index (χ2v) is 9.24. The summed E-state index contributed by atoms with van der Waals surface area (Å²) in [5.41, 5.74) is -0.0833. The topological polar surface area (TPSA) is 88.8 Å². The number of nitrogens with zero attached hydrogens (tertiary/aromatic N) is 1. The van der Waals surface area contributed by atoms with Crippen LogP contribution in [-0.4, -0.2) is 27.4 Å². The molecule has 0 amide bonds. The first-order valence-corrected chi connectivity index (χ1v) is 10.4. The van der Waals surface area contributed by atoms with Gasteiger partial charge in [-0.3, -0.25) is 4.79 Å². The smallest absolute Gasteiger partial charge is 0.341 e. The quantitative estimate of drug-likeness (QED) is 0.541. The number of benzene rings is 2. The largest absolute Gasteiger partial charge is 0.488 e. The molecule has 0 bridgehead atoms. The van der Waals surface area contributed by atoms with Gasteiger partial charge in [0, 0.05) is 16.8 Å². The van der Waals surface area contributed by atoms with Gasteiger partial charge in [-0.2, -0.15) is 0 Å². The highest BCUT2D eigenvalue weighted by Gasteiger charge is 2.28. The molecule has 6 nitrogen and oxygen atoms in total. The lowest BCUT2D eigenvalue weighted by atomic mass is 9.86. The maximum absolute atomic E-state index is 14.0. The number of aromatic nitrogens is 1. The fraction of sp³-hybridized carbons (Fsp3) is 0.333. The van der Waals surface area contributed by atoms with E-state index < -0.39 is 34.2 Å². The van der Waals surface area contributed by atoms with E-state index in [-0.39, 0.29) is 24.2 Å². The number of hydrogen-bond acceptors (Lipinski definition) is 4. The average molecular weight is 462 g/mol. The predicted octanol–water partition coefficient (Wildman–Crippen LogP) is 4.96. The molecule has 3 aromatic rings. The summed E-state index contributed by atoms with van der Waals surface area (Å²) in [5.74, 6) is -1.51. The van der Waals surface area contributed by atoms with E-state index in [1.54, 1.807) is 17.6 Å². The SMILES string of the molecule is Cc1cc2c(cc1OCc1cc(Cl)ccc1F)c(=O)c(C(=O)O)cn2[C@H](CO)C(C)(C)C. The Balaban J connectivity index is 2.17. The molecular formula is C24H25ClFNO5. The number of aliphatic hydroxyl groups is 1. The Kier molecular flexibility index (Phi) is 6.62. The minimum atomic E-state index is -1.36. The second-order valence-electron chi connectivity index (χ2n) is 8.81. The molecular weight excluding hydrogens is 437 g/mol. The summed E-state index contributed by atoms with van der Waals surface area (Å²) in [6.45, 7) is 7.17. The molecule has 0 saturated heterocycles. The van der Waals surface area contributed by atoms with E-state index in [0.29, 0.717) is 21.9 Å². The lowest BCUT2D eigenvalue weighted by Crippen LogP contribution is -2.30. The number of halogens is 2. The van der Waals surface area contributed by atoms with Gasteiger partial charge in [0.25, 0.3) is 0 Å². The number of carboxylic acid groups (broad SMARTS) is 1. The number of aromatic carboxylic acids is 1. The van der Waals surface area contributed by atoms with Gasteiger partial charge in [0.1, 0.15) is 23.7 Å². The fourth-order valence-electron chi connectivity index (χ4n) is 3.63. The van der Waals surface area contributed by atoms with Crippen LogP contribution in [0.4, 0.5) is 4.39 Å². The summed E-state index contributed by atoms with van der Waals surface area (Å²) in [7, 11) is 0. The van der Waals surface area contributed by atoms with Crippen molar-refractivity contribution in [1.82, 2.24) is 4.57 Å². The van der Waals surface area contributed by atoms with Crippen molar-refractivity contribution in [2.75, 3.05) is 6.61 Å². The summed E-state index contributed by atoms with van der Waals surface area (Å²) in [4.78, 5) is 24.7. The lowest BCUT2D eigenvalue weighted by molar-refractivity contribution is 0.0692. The van der Waals surface area contributed by atoms with Crippen molar-refractivity contribution in [3.05, 3.63) is 74.3 Å². The number of carboxylic acids is 1. The Morgan fingerprint density at radius 3 is 2.53 bits per heavy atom. The molecule has 32 heavy (non-hydrogen) atoms. The van der Waals surface area contributed by atoms with Crippen molar-refractivity contribution >= 4 is 28.5 Å². The number of aliphatic hydroxyl groups excluding tert-OH is 1. The van der Waals surface area contributed by atoms with Crippen LogP contribution in [0.2, 0.25) is 5.02 Å². The molecule has 0 saturated carbocycles. The van der Waals surface area contributed by atoms with Gasteiger partial charge in [-0.15, -0.1) is 0 Å². The number of rotatable bonds is 6. The van der Waals surface area contributed by atoms with Crippen molar-refractivity contribution in [3.8, 4) is 5.75 Å². The number of aryl methyl sites for hydroxylation is 1. The van der Waals surface area contributed by atoms with Crippen molar-refractivity contribution in [2.24, 2.45) is 5.41 Å². The maximum atomic E-state index is 14.0. The lowest BCUT2D eigenvalue weighted by Gasteiger charge is -2.33. The molecule has 170 valence electrons. The predicted molar refractivity (Wildman–Crippen MR) is 121 cm³/mol. The number of pyridine rings is 1. The third-order valence-corrected chi connectivity index (χ3v) is 5.69.